The molecule has 15 heavy (non-hydrogen) atoms. The smallest absolute Gasteiger partial charge is 0.105 e. The predicted molar refractivity (Wildman–Crippen MR) is 60.2 cm³/mol. The van der Waals surface area contributed by atoms with Gasteiger partial charge in [-0.15, -0.1) is 0 Å². The van der Waals surface area contributed by atoms with Crippen LogP contribution in [-0.2, 0) is 0 Å². The summed E-state index contributed by atoms with van der Waals surface area (Å²) in [6.45, 7) is 3.99. The number of nitrogens with two attached hydrogens (primary N) is 1. The van der Waals surface area contributed by atoms with Gasteiger partial charge in [0.2, 0.25) is 0 Å². The minimum Gasteiger partial charge on any atom is -0.466 e. The summed E-state index contributed by atoms with van der Waals surface area (Å²) in [5.41, 5.74) is 4.14. The Morgan fingerprint density at radius 3 is 2.67 bits per heavy atom. The Morgan fingerprint density at radius 2 is 2.27 bits per heavy atom. The van der Waals surface area contributed by atoms with E-state index in [9.17, 15) is 0 Å². The van der Waals surface area contributed by atoms with Crippen LogP contribution in [0.3, 0.4) is 0 Å². The molecule has 1 atom stereocenters. The highest BCUT2D eigenvalue weighted by molar-refractivity contribution is 5.24. The molecule has 2 rings (SSSR count). The summed E-state index contributed by atoms with van der Waals surface area (Å²) in [6.07, 6.45) is 5.23. The van der Waals surface area contributed by atoms with E-state index >= 15 is 0 Å². The highest BCUT2D eigenvalue weighted by Gasteiger charge is 2.24. The predicted octanol–water partition coefficient (Wildman–Crippen LogP) is 2.59. The topological polar surface area (TPSA) is 51.2 Å². The Morgan fingerprint density at radius 1 is 1.53 bits per heavy atom. The van der Waals surface area contributed by atoms with Crippen molar-refractivity contribution in [2.75, 3.05) is 0 Å². The zero-order valence-electron chi connectivity index (χ0n) is 9.55. The van der Waals surface area contributed by atoms with Crippen molar-refractivity contribution in [3.63, 3.8) is 0 Å². The lowest BCUT2D eigenvalue weighted by Crippen LogP contribution is -2.31. The second kappa shape index (κ2) is 4.37. The molecule has 0 saturated heterocycles. The molecule has 0 amide bonds. The molecule has 3 heteroatoms. The SMILES string of the molecule is Cc1cc(C(CC2CCC2)NN)c(C)o1. The molecule has 0 spiro atoms. The van der Waals surface area contributed by atoms with Gasteiger partial charge in [-0.3, -0.25) is 11.3 Å². The Balaban J connectivity index is 2.07. The normalized spacial score (nSPS) is 18.9. The van der Waals surface area contributed by atoms with Gasteiger partial charge in [-0.05, 0) is 32.3 Å². The Kier molecular flexibility index (Phi) is 3.12. The molecule has 1 aliphatic carbocycles. The van der Waals surface area contributed by atoms with Gasteiger partial charge < -0.3 is 4.42 Å². The lowest BCUT2D eigenvalue weighted by molar-refractivity contribution is 0.261. The first-order valence-corrected chi connectivity index (χ1v) is 5.73. The molecular weight excluding hydrogens is 188 g/mol. The number of rotatable bonds is 4. The van der Waals surface area contributed by atoms with E-state index in [1.165, 1.54) is 24.8 Å². The summed E-state index contributed by atoms with van der Waals surface area (Å²) in [7, 11) is 0. The standard InChI is InChI=1S/C12H20N2O/c1-8-6-11(9(2)15-8)12(14-13)7-10-4-3-5-10/h6,10,12,14H,3-5,7,13H2,1-2H3. The maximum absolute atomic E-state index is 5.62. The van der Waals surface area contributed by atoms with E-state index in [2.05, 4.69) is 11.5 Å². The molecule has 1 aromatic heterocycles. The first kappa shape index (κ1) is 10.7. The van der Waals surface area contributed by atoms with E-state index in [1.807, 2.05) is 13.8 Å². The van der Waals surface area contributed by atoms with Crippen LogP contribution in [-0.4, -0.2) is 0 Å². The van der Waals surface area contributed by atoms with Crippen LogP contribution >= 0.6 is 0 Å². The number of furan rings is 1. The van der Waals surface area contributed by atoms with Crippen LogP contribution in [0.4, 0.5) is 0 Å². The van der Waals surface area contributed by atoms with Crippen molar-refractivity contribution in [2.45, 2.75) is 45.6 Å². The number of hydrazine groups is 1. The van der Waals surface area contributed by atoms with Gasteiger partial charge in [-0.25, -0.2) is 0 Å². The molecule has 0 aromatic carbocycles. The number of nitrogens with one attached hydrogen (secondary N) is 1. The van der Waals surface area contributed by atoms with Crippen molar-refractivity contribution in [2.24, 2.45) is 11.8 Å². The fourth-order valence-corrected chi connectivity index (χ4v) is 2.34. The third-order valence-electron chi connectivity index (χ3n) is 3.45. The zero-order valence-corrected chi connectivity index (χ0v) is 9.55. The maximum Gasteiger partial charge on any atom is 0.105 e. The first-order chi connectivity index (χ1) is 7.20. The van der Waals surface area contributed by atoms with Crippen molar-refractivity contribution < 1.29 is 4.42 Å². The summed E-state index contributed by atoms with van der Waals surface area (Å²) < 4.78 is 5.53. The molecule has 1 aromatic rings. The molecule has 3 N–H and O–H groups in total. The molecule has 1 unspecified atom stereocenters. The van der Waals surface area contributed by atoms with Crippen molar-refractivity contribution in [1.82, 2.24) is 5.43 Å². The van der Waals surface area contributed by atoms with Crippen molar-refractivity contribution in [3.05, 3.63) is 23.2 Å². The summed E-state index contributed by atoms with van der Waals surface area (Å²) >= 11 is 0. The molecule has 0 bridgehead atoms. The van der Waals surface area contributed by atoms with Gasteiger partial charge >= 0.3 is 0 Å². The molecule has 0 aliphatic heterocycles. The van der Waals surface area contributed by atoms with Crippen molar-refractivity contribution >= 4 is 0 Å². The molecule has 1 saturated carbocycles. The number of hydrogen-bond donors (Lipinski definition) is 2. The second-order valence-electron chi connectivity index (χ2n) is 4.62. The van der Waals surface area contributed by atoms with Gasteiger partial charge in [0, 0.05) is 11.6 Å². The van der Waals surface area contributed by atoms with Gasteiger partial charge in [0.05, 0.1) is 0 Å². The minimum absolute atomic E-state index is 0.257. The lowest BCUT2D eigenvalue weighted by atomic mass is 9.80. The molecule has 84 valence electrons. The van der Waals surface area contributed by atoms with Crippen LogP contribution in [0.1, 0.15) is 48.8 Å². The van der Waals surface area contributed by atoms with Crippen LogP contribution < -0.4 is 11.3 Å². The fourth-order valence-electron chi connectivity index (χ4n) is 2.34. The number of hydrogen-bond acceptors (Lipinski definition) is 3. The zero-order chi connectivity index (χ0) is 10.8. The van der Waals surface area contributed by atoms with E-state index in [1.54, 1.807) is 0 Å². The van der Waals surface area contributed by atoms with Gasteiger partial charge in [-0.1, -0.05) is 19.3 Å². The Hall–Kier alpha value is -0.800. The highest BCUT2D eigenvalue weighted by atomic mass is 16.3. The number of aryl methyl sites for hydroxylation is 2. The summed E-state index contributed by atoms with van der Waals surface area (Å²) in [5, 5.41) is 0. The van der Waals surface area contributed by atoms with E-state index in [-0.39, 0.29) is 6.04 Å². The molecule has 1 aliphatic rings. The second-order valence-corrected chi connectivity index (χ2v) is 4.62. The van der Waals surface area contributed by atoms with Crippen LogP contribution in [0, 0.1) is 19.8 Å². The van der Waals surface area contributed by atoms with Crippen LogP contribution in [0.2, 0.25) is 0 Å². The van der Waals surface area contributed by atoms with Crippen LogP contribution in [0.15, 0.2) is 10.5 Å². The lowest BCUT2D eigenvalue weighted by Gasteiger charge is -2.29. The van der Waals surface area contributed by atoms with Crippen molar-refractivity contribution in [3.8, 4) is 0 Å². The average Bonchev–Trinajstić information content (AvgIpc) is 2.44. The molecule has 1 fully saturated rings. The summed E-state index contributed by atoms with van der Waals surface area (Å²) in [6, 6.07) is 2.35. The van der Waals surface area contributed by atoms with Gasteiger partial charge in [0.15, 0.2) is 0 Å². The summed E-state index contributed by atoms with van der Waals surface area (Å²) in [5.74, 6) is 8.43. The Labute approximate surface area is 91.0 Å². The van der Waals surface area contributed by atoms with Gasteiger partial charge in [0.1, 0.15) is 11.5 Å². The molecule has 0 radical (unpaired) electrons. The first-order valence-electron chi connectivity index (χ1n) is 5.73. The largest absolute Gasteiger partial charge is 0.466 e. The maximum atomic E-state index is 5.62. The quantitative estimate of drug-likeness (QED) is 0.590. The molecule has 3 nitrogen and oxygen atoms in total. The van der Waals surface area contributed by atoms with E-state index < -0.39 is 0 Å². The van der Waals surface area contributed by atoms with Crippen LogP contribution in [0.5, 0.6) is 0 Å². The van der Waals surface area contributed by atoms with Gasteiger partial charge in [-0.2, -0.15) is 0 Å². The highest BCUT2D eigenvalue weighted by Crippen LogP contribution is 2.35. The van der Waals surface area contributed by atoms with Crippen LogP contribution in [0.25, 0.3) is 0 Å². The molecular formula is C12H20N2O. The monoisotopic (exact) mass is 208 g/mol. The van der Waals surface area contributed by atoms with E-state index in [4.69, 9.17) is 10.3 Å². The average molecular weight is 208 g/mol. The van der Waals surface area contributed by atoms with E-state index in [0.717, 1.165) is 23.9 Å². The molecule has 1 heterocycles. The van der Waals surface area contributed by atoms with Gasteiger partial charge in [0.25, 0.3) is 0 Å². The minimum atomic E-state index is 0.257. The summed E-state index contributed by atoms with van der Waals surface area (Å²) in [4.78, 5) is 0. The van der Waals surface area contributed by atoms with E-state index in [0.29, 0.717) is 0 Å². The third kappa shape index (κ3) is 2.24. The fraction of sp³-hybridized carbons (Fsp3) is 0.667. The Bertz CT molecular complexity index is 328. The third-order valence-corrected chi connectivity index (χ3v) is 3.45. The van der Waals surface area contributed by atoms with Crippen molar-refractivity contribution in [1.29, 1.82) is 0 Å².